The van der Waals surface area contributed by atoms with Gasteiger partial charge in [0.15, 0.2) is 0 Å². The molecule has 0 bridgehead atoms. The number of hydrogen-bond acceptors (Lipinski definition) is 3. The van der Waals surface area contributed by atoms with Crippen LogP contribution < -0.4 is 0 Å². The molecule has 24 heavy (non-hydrogen) atoms. The maximum absolute atomic E-state index is 10.5. The van der Waals surface area contributed by atoms with E-state index in [1.165, 1.54) is 32.1 Å². The van der Waals surface area contributed by atoms with Crippen LogP contribution in [0, 0.1) is 17.8 Å². The van der Waals surface area contributed by atoms with E-state index >= 15 is 0 Å². The second kappa shape index (κ2) is 10.9. The van der Waals surface area contributed by atoms with E-state index in [4.69, 9.17) is 9.84 Å². The van der Waals surface area contributed by atoms with E-state index in [1.54, 1.807) is 0 Å². The highest BCUT2D eigenvalue weighted by molar-refractivity contribution is 5.66. The van der Waals surface area contributed by atoms with Crippen LogP contribution in [0.5, 0.6) is 0 Å². The van der Waals surface area contributed by atoms with Crippen molar-refractivity contribution >= 4 is 5.97 Å². The summed E-state index contributed by atoms with van der Waals surface area (Å²) in [5.74, 6) is 0.920. The SMILES string of the molecule is O=C(O)CCC/C=C\C[C@H]1COC[C@H]1CCC(O)C1CCCCC1. The molecule has 1 unspecified atom stereocenters. The topological polar surface area (TPSA) is 66.8 Å². The summed E-state index contributed by atoms with van der Waals surface area (Å²) in [6, 6.07) is 0. The van der Waals surface area contributed by atoms with Gasteiger partial charge in [-0.15, -0.1) is 0 Å². The quantitative estimate of drug-likeness (QED) is 0.463. The molecule has 4 nitrogen and oxygen atoms in total. The molecule has 1 heterocycles. The highest BCUT2D eigenvalue weighted by atomic mass is 16.5. The van der Waals surface area contributed by atoms with E-state index in [0.29, 0.717) is 24.2 Å². The third-order valence-electron chi connectivity index (χ3n) is 5.72. The van der Waals surface area contributed by atoms with Crippen LogP contribution in [0.2, 0.25) is 0 Å². The zero-order valence-corrected chi connectivity index (χ0v) is 14.9. The van der Waals surface area contributed by atoms with Crippen LogP contribution in [-0.4, -0.2) is 35.5 Å². The summed E-state index contributed by atoms with van der Waals surface area (Å²) < 4.78 is 5.66. The molecule has 1 saturated carbocycles. The molecule has 2 aliphatic rings. The maximum Gasteiger partial charge on any atom is 0.303 e. The van der Waals surface area contributed by atoms with E-state index in [1.807, 2.05) is 0 Å². The number of aliphatic carboxylic acids is 1. The Morgan fingerprint density at radius 3 is 2.62 bits per heavy atom. The van der Waals surface area contributed by atoms with Gasteiger partial charge in [-0.25, -0.2) is 0 Å². The van der Waals surface area contributed by atoms with Crippen molar-refractivity contribution in [1.29, 1.82) is 0 Å². The molecule has 0 radical (unpaired) electrons. The lowest BCUT2D eigenvalue weighted by Gasteiger charge is -2.27. The molecule has 1 aliphatic carbocycles. The first-order chi connectivity index (χ1) is 11.7. The van der Waals surface area contributed by atoms with Gasteiger partial charge in [-0.2, -0.15) is 0 Å². The van der Waals surface area contributed by atoms with Gasteiger partial charge in [-0.1, -0.05) is 31.4 Å². The molecule has 1 saturated heterocycles. The number of carboxylic acid groups (broad SMARTS) is 1. The molecule has 3 atom stereocenters. The highest BCUT2D eigenvalue weighted by Crippen LogP contribution is 2.32. The Hall–Kier alpha value is -0.870. The largest absolute Gasteiger partial charge is 0.481 e. The summed E-state index contributed by atoms with van der Waals surface area (Å²) in [5, 5.41) is 19.1. The lowest BCUT2D eigenvalue weighted by Crippen LogP contribution is -2.24. The number of allylic oxidation sites excluding steroid dienone is 2. The second-order valence-corrected chi connectivity index (χ2v) is 7.59. The first kappa shape index (κ1) is 19.5. The minimum absolute atomic E-state index is 0.127. The normalized spacial score (nSPS) is 26.9. The van der Waals surface area contributed by atoms with Crippen molar-refractivity contribution in [3.05, 3.63) is 12.2 Å². The molecule has 138 valence electrons. The Labute approximate surface area is 146 Å². The molecule has 4 heteroatoms. The van der Waals surface area contributed by atoms with Gasteiger partial charge in [0.25, 0.3) is 0 Å². The van der Waals surface area contributed by atoms with Crippen molar-refractivity contribution in [2.45, 2.75) is 76.7 Å². The highest BCUT2D eigenvalue weighted by Gasteiger charge is 2.29. The Bertz CT molecular complexity index is 387. The zero-order chi connectivity index (χ0) is 17.2. The molecule has 1 aliphatic heterocycles. The van der Waals surface area contributed by atoms with Gasteiger partial charge in [0.05, 0.1) is 12.7 Å². The lowest BCUT2D eigenvalue weighted by molar-refractivity contribution is -0.137. The summed E-state index contributed by atoms with van der Waals surface area (Å²) in [7, 11) is 0. The van der Waals surface area contributed by atoms with Crippen LogP contribution >= 0.6 is 0 Å². The molecule has 0 spiro atoms. The average Bonchev–Trinajstić information content (AvgIpc) is 3.03. The number of rotatable bonds is 10. The number of ether oxygens (including phenoxy) is 1. The van der Waals surface area contributed by atoms with E-state index in [2.05, 4.69) is 12.2 Å². The van der Waals surface area contributed by atoms with Crippen LogP contribution in [0.15, 0.2) is 12.2 Å². The number of unbranched alkanes of at least 4 members (excludes halogenated alkanes) is 1. The zero-order valence-electron chi connectivity index (χ0n) is 14.9. The third-order valence-corrected chi connectivity index (χ3v) is 5.72. The van der Waals surface area contributed by atoms with Gasteiger partial charge in [-0.3, -0.25) is 4.79 Å². The van der Waals surface area contributed by atoms with E-state index in [-0.39, 0.29) is 12.5 Å². The fourth-order valence-corrected chi connectivity index (χ4v) is 4.12. The molecule has 0 aromatic carbocycles. The fourth-order valence-electron chi connectivity index (χ4n) is 4.12. The minimum atomic E-state index is -0.718. The van der Waals surface area contributed by atoms with Gasteiger partial charge in [0, 0.05) is 13.0 Å². The number of carbonyl (C=O) groups is 1. The molecule has 2 rings (SSSR count). The summed E-state index contributed by atoms with van der Waals surface area (Å²) in [4.78, 5) is 10.5. The van der Waals surface area contributed by atoms with Gasteiger partial charge in [0.2, 0.25) is 0 Å². The number of carboxylic acids is 1. The number of aliphatic hydroxyl groups is 1. The van der Waals surface area contributed by atoms with E-state index in [9.17, 15) is 9.90 Å². The Morgan fingerprint density at radius 2 is 1.88 bits per heavy atom. The molecular formula is C20H34O4. The molecule has 0 amide bonds. The first-order valence-electron chi connectivity index (χ1n) is 9.79. The Balaban J connectivity index is 1.63. The molecular weight excluding hydrogens is 304 g/mol. The van der Waals surface area contributed by atoms with Crippen molar-refractivity contribution in [1.82, 2.24) is 0 Å². The average molecular weight is 338 g/mol. The molecule has 2 fully saturated rings. The van der Waals surface area contributed by atoms with Crippen molar-refractivity contribution in [2.75, 3.05) is 13.2 Å². The fraction of sp³-hybridized carbons (Fsp3) is 0.850. The number of aliphatic hydroxyl groups excluding tert-OH is 1. The van der Waals surface area contributed by atoms with Gasteiger partial charge in [0.1, 0.15) is 0 Å². The summed E-state index contributed by atoms with van der Waals surface area (Å²) >= 11 is 0. The lowest BCUT2D eigenvalue weighted by atomic mass is 9.81. The van der Waals surface area contributed by atoms with Crippen molar-refractivity contribution in [3.8, 4) is 0 Å². The standard InChI is InChI=1S/C20H34O4/c21-19(16-8-5-3-6-9-16)13-12-18-15-24-14-17(18)10-4-1-2-7-11-20(22)23/h1,4,16-19,21H,2-3,5-15H2,(H,22,23)/b4-1-/t17-,18+,19?/m0/s1. The third kappa shape index (κ3) is 6.94. The molecule has 0 aromatic heterocycles. The van der Waals surface area contributed by atoms with Gasteiger partial charge in [-0.05, 0) is 62.7 Å². The monoisotopic (exact) mass is 338 g/mol. The predicted molar refractivity (Wildman–Crippen MR) is 94.9 cm³/mol. The van der Waals surface area contributed by atoms with Crippen LogP contribution in [0.1, 0.15) is 70.6 Å². The van der Waals surface area contributed by atoms with Gasteiger partial charge < -0.3 is 14.9 Å². The van der Waals surface area contributed by atoms with Gasteiger partial charge >= 0.3 is 5.97 Å². The van der Waals surface area contributed by atoms with E-state index < -0.39 is 5.97 Å². The summed E-state index contributed by atoms with van der Waals surface area (Å²) in [6.45, 7) is 1.65. The Morgan fingerprint density at radius 1 is 1.12 bits per heavy atom. The summed E-state index contributed by atoms with van der Waals surface area (Å²) in [5.41, 5.74) is 0. The minimum Gasteiger partial charge on any atom is -0.481 e. The Kier molecular flexibility index (Phi) is 8.82. The maximum atomic E-state index is 10.5. The second-order valence-electron chi connectivity index (χ2n) is 7.59. The number of hydrogen-bond donors (Lipinski definition) is 2. The van der Waals surface area contributed by atoms with Crippen molar-refractivity contribution in [3.63, 3.8) is 0 Å². The smallest absolute Gasteiger partial charge is 0.303 e. The van der Waals surface area contributed by atoms with E-state index in [0.717, 1.165) is 38.9 Å². The first-order valence-corrected chi connectivity index (χ1v) is 9.79. The predicted octanol–water partition coefficient (Wildman–Crippen LogP) is 4.17. The van der Waals surface area contributed by atoms with Crippen LogP contribution in [0.25, 0.3) is 0 Å². The van der Waals surface area contributed by atoms with Crippen LogP contribution in [0.3, 0.4) is 0 Å². The van der Waals surface area contributed by atoms with Crippen LogP contribution in [-0.2, 0) is 9.53 Å². The van der Waals surface area contributed by atoms with Crippen molar-refractivity contribution < 1.29 is 19.7 Å². The molecule has 0 aromatic rings. The molecule has 2 N–H and O–H groups in total. The van der Waals surface area contributed by atoms with Crippen molar-refractivity contribution in [2.24, 2.45) is 17.8 Å². The van der Waals surface area contributed by atoms with Crippen LogP contribution in [0.4, 0.5) is 0 Å². The summed E-state index contributed by atoms with van der Waals surface area (Å²) in [6.07, 6.45) is 15.3.